The number of hydrogen-bond donors (Lipinski definition) is 2. The van der Waals surface area contributed by atoms with Crippen molar-refractivity contribution >= 4 is 34.5 Å². The summed E-state index contributed by atoms with van der Waals surface area (Å²) in [7, 11) is 0. The molecule has 3 aromatic rings. The van der Waals surface area contributed by atoms with E-state index in [9.17, 15) is 38.0 Å². The van der Waals surface area contributed by atoms with E-state index in [1.165, 1.54) is 12.1 Å². The number of halogens is 3. The van der Waals surface area contributed by atoms with Crippen molar-refractivity contribution in [2.75, 3.05) is 10.3 Å². The number of hydrazone groups is 1. The van der Waals surface area contributed by atoms with Gasteiger partial charge in [0.25, 0.3) is 17.4 Å². The first-order chi connectivity index (χ1) is 18.5. The van der Waals surface area contributed by atoms with Crippen LogP contribution in [-0.2, 0) is 15.8 Å². The number of hydrogen-bond acceptors (Lipinski definition) is 8. The monoisotopic (exact) mass is 535 g/mol. The van der Waals surface area contributed by atoms with E-state index < -0.39 is 57.2 Å². The van der Waals surface area contributed by atoms with Gasteiger partial charge in [-0.25, -0.2) is 0 Å². The van der Waals surface area contributed by atoms with Crippen LogP contribution in [0.2, 0.25) is 0 Å². The summed E-state index contributed by atoms with van der Waals surface area (Å²) in [5.74, 6) is -3.55. The molecule has 10 nitrogen and oxygen atoms in total. The second kappa shape index (κ2) is 10.5. The Bertz CT molecular complexity index is 1580. The molecular formula is C26H16F3N5O5. The number of carbonyl (C=O) groups is 2. The predicted octanol–water partition coefficient (Wildman–Crippen LogP) is 5.05. The lowest BCUT2D eigenvalue weighted by Crippen LogP contribution is -2.37. The fraction of sp³-hybridized carbons (Fsp3) is 0.0769. The van der Waals surface area contributed by atoms with Crippen molar-refractivity contribution in [3.63, 3.8) is 0 Å². The van der Waals surface area contributed by atoms with Gasteiger partial charge in [0.15, 0.2) is 5.71 Å². The van der Waals surface area contributed by atoms with Crippen LogP contribution in [0.5, 0.6) is 0 Å². The molecule has 1 amide bonds. The standard InChI is InChI=1S/C26H16F3N5O5/c27-26(28,29)17-7-4-8-18(12-17)33-20(16-5-2-1-3-6-16)13-22(35)23(32-33)24(36)25(37)31-19-10-9-15(14-30)11-21(19)34(38)39/h1-13,20,35H,(H,31,37)/t20-/m1/s1. The van der Waals surface area contributed by atoms with E-state index >= 15 is 0 Å². The molecule has 196 valence electrons. The number of nitrogens with zero attached hydrogens (tertiary/aromatic N) is 4. The van der Waals surface area contributed by atoms with Crippen LogP contribution in [-0.4, -0.2) is 27.4 Å². The molecule has 4 rings (SSSR count). The molecule has 0 aromatic heterocycles. The van der Waals surface area contributed by atoms with Crippen LogP contribution in [0, 0.1) is 21.4 Å². The van der Waals surface area contributed by atoms with E-state index in [-0.39, 0.29) is 11.3 Å². The highest BCUT2D eigenvalue weighted by atomic mass is 19.4. The number of Topliss-reactive ketones (excluding diaryl/α,β-unsaturated/α-hetero) is 1. The molecule has 39 heavy (non-hydrogen) atoms. The minimum atomic E-state index is -4.68. The second-order valence-corrected chi connectivity index (χ2v) is 8.13. The zero-order chi connectivity index (χ0) is 28.3. The van der Waals surface area contributed by atoms with Gasteiger partial charge in [-0.2, -0.15) is 23.5 Å². The summed E-state index contributed by atoms with van der Waals surface area (Å²) in [6, 6.07) is 16.3. The molecule has 0 saturated carbocycles. The maximum atomic E-state index is 13.4. The molecule has 0 radical (unpaired) electrons. The number of alkyl halides is 3. The lowest BCUT2D eigenvalue weighted by atomic mass is 10.0. The number of amides is 1. The van der Waals surface area contributed by atoms with Crippen molar-refractivity contribution in [3.05, 3.63) is 111 Å². The van der Waals surface area contributed by atoms with Gasteiger partial charge in [-0.3, -0.25) is 24.7 Å². The number of ketones is 1. The van der Waals surface area contributed by atoms with Crippen LogP contribution >= 0.6 is 0 Å². The van der Waals surface area contributed by atoms with E-state index in [4.69, 9.17) is 5.26 Å². The van der Waals surface area contributed by atoms with Crippen molar-refractivity contribution in [2.24, 2.45) is 5.10 Å². The number of nitro groups is 1. The Morgan fingerprint density at radius 3 is 2.44 bits per heavy atom. The number of nitro benzene ring substituents is 1. The highest BCUT2D eigenvalue weighted by molar-refractivity contribution is 6.69. The topological polar surface area (TPSA) is 149 Å². The number of nitriles is 1. The first-order valence-corrected chi connectivity index (χ1v) is 11.0. The Balaban J connectivity index is 1.73. The first kappa shape index (κ1) is 26.6. The summed E-state index contributed by atoms with van der Waals surface area (Å²) in [5, 5.41) is 38.1. The average Bonchev–Trinajstić information content (AvgIpc) is 2.92. The van der Waals surface area contributed by atoms with Gasteiger partial charge in [0.05, 0.1) is 33.8 Å². The number of rotatable bonds is 6. The van der Waals surface area contributed by atoms with Gasteiger partial charge >= 0.3 is 6.18 Å². The molecule has 1 atom stereocenters. The van der Waals surface area contributed by atoms with Crippen molar-refractivity contribution < 1.29 is 32.8 Å². The Hall–Kier alpha value is -5.51. The average molecular weight is 535 g/mol. The molecule has 0 saturated heterocycles. The van der Waals surface area contributed by atoms with E-state index in [0.717, 1.165) is 41.4 Å². The predicted molar refractivity (Wildman–Crippen MR) is 133 cm³/mol. The third-order valence-corrected chi connectivity index (χ3v) is 5.60. The maximum absolute atomic E-state index is 13.4. The molecule has 1 aliphatic heterocycles. The zero-order valence-corrected chi connectivity index (χ0v) is 19.6. The summed E-state index contributed by atoms with van der Waals surface area (Å²) < 4.78 is 40.2. The minimum absolute atomic E-state index is 0.0630. The third-order valence-electron chi connectivity index (χ3n) is 5.60. The normalized spacial score (nSPS) is 15.0. The highest BCUT2D eigenvalue weighted by Crippen LogP contribution is 2.37. The summed E-state index contributed by atoms with van der Waals surface area (Å²) in [6.45, 7) is 0. The molecule has 13 heteroatoms. The lowest BCUT2D eigenvalue weighted by molar-refractivity contribution is -0.383. The Kier molecular flexibility index (Phi) is 7.12. The van der Waals surface area contributed by atoms with Gasteiger partial charge in [-0.15, -0.1) is 0 Å². The molecule has 0 unspecified atom stereocenters. The van der Waals surface area contributed by atoms with Gasteiger partial charge in [-0.05, 0) is 42.0 Å². The Morgan fingerprint density at radius 1 is 1.08 bits per heavy atom. The molecule has 0 bridgehead atoms. The molecule has 1 heterocycles. The van der Waals surface area contributed by atoms with Gasteiger partial charge in [-0.1, -0.05) is 36.4 Å². The molecule has 0 spiro atoms. The van der Waals surface area contributed by atoms with Crippen LogP contribution in [0.1, 0.15) is 22.7 Å². The quantitative estimate of drug-likeness (QED) is 0.255. The Morgan fingerprint density at radius 2 is 1.79 bits per heavy atom. The van der Waals surface area contributed by atoms with Crippen molar-refractivity contribution in [3.8, 4) is 6.07 Å². The van der Waals surface area contributed by atoms with E-state index in [1.807, 2.05) is 0 Å². The fourth-order valence-corrected chi connectivity index (χ4v) is 3.76. The highest BCUT2D eigenvalue weighted by Gasteiger charge is 2.35. The van der Waals surface area contributed by atoms with Gasteiger partial charge in [0, 0.05) is 6.07 Å². The second-order valence-electron chi connectivity index (χ2n) is 8.13. The molecule has 2 N–H and O–H groups in total. The van der Waals surface area contributed by atoms with E-state index in [0.29, 0.717) is 5.56 Å². The summed E-state index contributed by atoms with van der Waals surface area (Å²) in [4.78, 5) is 36.2. The molecule has 0 fully saturated rings. The van der Waals surface area contributed by atoms with Gasteiger partial charge in [0.2, 0.25) is 0 Å². The van der Waals surface area contributed by atoms with Crippen molar-refractivity contribution in [1.82, 2.24) is 0 Å². The number of allylic oxidation sites excluding steroid dienone is 1. The zero-order valence-electron chi connectivity index (χ0n) is 19.6. The number of benzene rings is 3. The Labute approximate surface area is 218 Å². The van der Waals surface area contributed by atoms with Crippen molar-refractivity contribution in [2.45, 2.75) is 12.2 Å². The van der Waals surface area contributed by atoms with Crippen LogP contribution in [0.25, 0.3) is 0 Å². The van der Waals surface area contributed by atoms with Gasteiger partial charge in [0.1, 0.15) is 11.4 Å². The summed E-state index contributed by atoms with van der Waals surface area (Å²) in [5.41, 5.74) is -2.48. The number of anilines is 2. The van der Waals surface area contributed by atoms with Crippen LogP contribution in [0.3, 0.4) is 0 Å². The number of nitrogens with one attached hydrogen (secondary N) is 1. The van der Waals surface area contributed by atoms with Gasteiger partial charge < -0.3 is 10.4 Å². The van der Waals surface area contributed by atoms with Crippen LogP contribution in [0.15, 0.2) is 89.7 Å². The molecular weight excluding hydrogens is 519 g/mol. The fourth-order valence-electron chi connectivity index (χ4n) is 3.76. The number of aliphatic hydroxyl groups is 1. The van der Waals surface area contributed by atoms with Crippen LogP contribution in [0.4, 0.5) is 30.2 Å². The van der Waals surface area contributed by atoms with E-state index in [1.54, 1.807) is 36.4 Å². The number of carbonyl (C=O) groups excluding carboxylic acids is 2. The minimum Gasteiger partial charge on any atom is -0.506 e. The first-order valence-electron chi connectivity index (χ1n) is 11.0. The molecule has 3 aromatic carbocycles. The number of aliphatic hydroxyl groups excluding tert-OH is 1. The molecule has 0 aliphatic carbocycles. The lowest BCUT2D eigenvalue weighted by Gasteiger charge is -2.31. The SMILES string of the molecule is N#Cc1ccc(NC(=O)C(=O)C2=NN(c3cccc(C(F)(F)F)c3)[C@@H](c3ccccc3)C=C2O)c([N+](=O)[O-])c1. The summed E-state index contributed by atoms with van der Waals surface area (Å²) >= 11 is 0. The van der Waals surface area contributed by atoms with E-state index in [2.05, 4.69) is 10.4 Å². The third kappa shape index (κ3) is 5.59. The summed E-state index contributed by atoms with van der Waals surface area (Å²) in [6.07, 6.45) is -3.53. The van der Waals surface area contributed by atoms with Crippen LogP contribution < -0.4 is 10.3 Å². The smallest absolute Gasteiger partial charge is 0.416 e. The largest absolute Gasteiger partial charge is 0.506 e. The van der Waals surface area contributed by atoms with Crippen molar-refractivity contribution in [1.29, 1.82) is 5.26 Å². The maximum Gasteiger partial charge on any atom is 0.416 e. The molecule has 1 aliphatic rings.